The Labute approximate surface area is 155 Å². The Bertz CT molecular complexity index is 1150. The smallest absolute Gasteiger partial charge is 0.268 e. The zero-order valence-electron chi connectivity index (χ0n) is 15.1. The number of hydrogen-bond donors (Lipinski definition) is 0. The second kappa shape index (κ2) is 5.13. The fraction of sp³-hybridized carbons (Fsp3) is 0.381. The molecule has 5 heteroatoms. The molecule has 2 aromatic heterocycles. The number of aromatic nitrogens is 2. The summed E-state index contributed by atoms with van der Waals surface area (Å²) in [5.41, 5.74) is 2.57. The Kier molecular flexibility index (Phi) is 3.15. The molecule has 0 fully saturated rings. The Hall–Kier alpha value is -2.27. The molecule has 3 heterocycles. The molecule has 1 aliphatic heterocycles. The molecule has 0 N–H and O–H groups in total. The number of benzene rings is 1. The van der Waals surface area contributed by atoms with Gasteiger partial charge >= 0.3 is 0 Å². The fourth-order valence-corrected chi connectivity index (χ4v) is 5.76. The van der Waals surface area contributed by atoms with E-state index in [1.807, 2.05) is 24.3 Å². The summed E-state index contributed by atoms with van der Waals surface area (Å²) in [7, 11) is 0. The number of nitrogens with zero attached hydrogens (tertiary/aromatic N) is 2. The van der Waals surface area contributed by atoms with Crippen LogP contribution in [-0.2, 0) is 12.8 Å². The average Bonchev–Trinajstić information content (AvgIpc) is 3.11. The third-order valence-electron chi connectivity index (χ3n) is 5.91. The molecule has 1 atom stereocenters. The zero-order valence-corrected chi connectivity index (χ0v) is 15.9. The van der Waals surface area contributed by atoms with Crippen molar-refractivity contribution in [1.82, 2.24) is 9.55 Å². The summed E-state index contributed by atoms with van der Waals surface area (Å²) >= 11 is 1.62. The fourth-order valence-electron chi connectivity index (χ4n) is 4.34. The molecule has 0 spiro atoms. The van der Waals surface area contributed by atoms with E-state index in [4.69, 9.17) is 0 Å². The molecule has 132 valence electrons. The van der Waals surface area contributed by atoms with Crippen LogP contribution < -0.4 is 5.56 Å². The Morgan fingerprint density at radius 2 is 1.88 bits per heavy atom. The summed E-state index contributed by atoms with van der Waals surface area (Å²) in [6, 6.07) is 7.41. The van der Waals surface area contributed by atoms with Crippen LogP contribution in [0, 0.1) is 11.3 Å². The number of thiophene rings is 1. The van der Waals surface area contributed by atoms with Crippen LogP contribution in [0.3, 0.4) is 0 Å². The van der Waals surface area contributed by atoms with Gasteiger partial charge in [0.2, 0.25) is 0 Å². The SMILES string of the molecule is CC(C)(C)C1CCc2c(sc3c2c(=O)nc2n3C(=O)c3ccccc3-2)C1. The highest BCUT2D eigenvalue weighted by molar-refractivity contribution is 7.19. The first-order valence-electron chi connectivity index (χ1n) is 9.07. The molecule has 5 rings (SSSR count). The van der Waals surface area contributed by atoms with Crippen molar-refractivity contribution in [3.63, 3.8) is 0 Å². The van der Waals surface area contributed by atoms with Crippen LogP contribution in [0.15, 0.2) is 29.1 Å². The van der Waals surface area contributed by atoms with Crippen LogP contribution >= 0.6 is 11.3 Å². The molecule has 4 nitrogen and oxygen atoms in total. The summed E-state index contributed by atoms with van der Waals surface area (Å²) in [4.78, 5) is 32.2. The van der Waals surface area contributed by atoms with E-state index in [9.17, 15) is 9.59 Å². The Balaban J connectivity index is 1.77. The van der Waals surface area contributed by atoms with Crippen molar-refractivity contribution in [2.24, 2.45) is 11.3 Å². The predicted octanol–water partition coefficient (Wildman–Crippen LogP) is 4.28. The first kappa shape index (κ1) is 15.9. The topological polar surface area (TPSA) is 52.0 Å². The summed E-state index contributed by atoms with van der Waals surface area (Å²) in [5.74, 6) is 1.02. The molecular weight excluding hydrogens is 344 g/mol. The summed E-state index contributed by atoms with van der Waals surface area (Å²) in [6.07, 6.45) is 2.96. The number of aryl methyl sites for hydroxylation is 1. The van der Waals surface area contributed by atoms with Gasteiger partial charge in [0, 0.05) is 10.4 Å². The highest BCUT2D eigenvalue weighted by Gasteiger charge is 2.35. The number of fused-ring (bicyclic) bond motifs is 7. The molecule has 1 aliphatic carbocycles. The van der Waals surface area contributed by atoms with Gasteiger partial charge < -0.3 is 0 Å². The minimum atomic E-state index is -0.192. The maximum Gasteiger partial charge on any atom is 0.282 e. The van der Waals surface area contributed by atoms with E-state index < -0.39 is 0 Å². The van der Waals surface area contributed by atoms with Gasteiger partial charge in [0.15, 0.2) is 5.82 Å². The molecule has 2 aliphatic rings. The number of carbonyl (C=O) groups excluding carboxylic acids is 1. The van der Waals surface area contributed by atoms with E-state index in [2.05, 4.69) is 25.8 Å². The van der Waals surface area contributed by atoms with E-state index in [1.54, 1.807) is 15.9 Å². The summed E-state index contributed by atoms with van der Waals surface area (Å²) in [6.45, 7) is 6.84. The minimum Gasteiger partial charge on any atom is -0.268 e. The summed E-state index contributed by atoms with van der Waals surface area (Å²) in [5, 5.41) is 0.669. The quantitative estimate of drug-likeness (QED) is 0.468. The van der Waals surface area contributed by atoms with Gasteiger partial charge in [0.1, 0.15) is 4.83 Å². The Morgan fingerprint density at radius 1 is 1.15 bits per heavy atom. The molecule has 0 saturated heterocycles. The van der Waals surface area contributed by atoms with Gasteiger partial charge in [-0.05, 0) is 42.2 Å². The highest BCUT2D eigenvalue weighted by Crippen LogP contribution is 2.44. The number of rotatable bonds is 0. The zero-order chi connectivity index (χ0) is 18.2. The van der Waals surface area contributed by atoms with Gasteiger partial charge in [-0.25, -0.2) is 4.57 Å². The number of hydrogen-bond acceptors (Lipinski definition) is 4. The maximum absolute atomic E-state index is 13.0. The molecule has 26 heavy (non-hydrogen) atoms. The van der Waals surface area contributed by atoms with Gasteiger partial charge in [-0.2, -0.15) is 4.98 Å². The first-order chi connectivity index (χ1) is 12.4. The average molecular weight is 364 g/mol. The molecular formula is C21H20N2O2S. The summed E-state index contributed by atoms with van der Waals surface area (Å²) < 4.78 is 1.66. The lowest BCUT2D eigenvalue weighted by molar-refractivity contribution is 0.0973. The van der Waals surface area contributed by atoms with Crippen LogP contribution in [-0.4, -0.2) is 15.5 Å². The van der Waals surface area contributed by atoms with Crippen molar-refractivity contribution in [2.75, 3.05) is 0 Å². The van der Waals surface area contributed by atoms with Crippen molar-refractivity contribution < 1.29 is 4.79 Å². The lowest BCUT2D eigenvalue weighted by Gasteiger charge is -2.33. The van der Waals surface area contributed by atoms with Crippen LogP contribution in [0.1, 0.15) is 48.0 Å². The van der Waals surface area contributed by atoms with E-state index in [0.29, 0.717) is 22.7 Å². The van der Waals surface area contributed by atoms with Crippen molar-refractivity contribution >= 4 is 27.5 Å². The molecule has 0 bridgehead atoms. The largest absolute Gasteiger partial charge is 0.282 e. The third-order valence-corrected chi connectivity index (χ3v) is 7.15. The van der Waals surface area contributed by atoms with Crippen molar-refractivity contribution in [3.8, 4) is 11.4 Å². The normalized spacial score (nSPS) is 18.7. The minimum absolute atomic E-state index is 0.0703. The van der Waals surface area contributed by atoms with E-state index in [-0.39, 0.29) is 16.9 Å². The molecule has 0 radical (unpaired) electrons. The molecule has 3 aromatic rings. The third kappa shape index (κ3) is 2.04. The molecule has 0 saturated carbocycles. The maximum atomic E-state index is 13.0. The van der Waals surface area contributed by atoms with Gasteiger partial charge in [0.25, 0.3) is 11.5 Å². The van der Waals surface area contributed by atoms with E-state index in [1.165, 1.54) is 4.88 Å². The lowest BCUT2D eigenvalue weighted by atomic mass is 9.72. The van der Waals surface area contributed by atoms with Crippen LogP contribution in [0.2, 0.25) is 0 Å². The monoisotopic (exact) mass is 364 g/mol. The second-order valence-corrected chi connectivity index (χ2v) is 9.50. The van der Waals surface area contributed by atoms with Crippen LogP contribution in [0.25, 0.3) is 21.6 Å². The van der Waals surface area contributed by atoms with Gasteiger partial charge in [-0.15, -0.1) is 11.3 Å². The van der Waals surface area contributed by atoms with Crippen molar-refractivity contribution in [1.29, 1.82) is 0 Å². The Morgan fingerprint density at radius 3 is 2.62 bits per heavy atom. The van der Waals surface area contributed by atoms with Crippen LogP contribution in [0.5, 0.6) is 0 Å². The lowest BCUT2D eigenvalue weighted by Crippen LogP contribution is -2.26. The van der Waals surface area contributed by atoms with Gasteiger partial charge in [-0.1, -0.05) is 39.0 Å². The first-order valence-corrected chi connectivity index (χ1v) is 9.89. The molecule has 1 aromatic carbocycles. The van der Waals surface area contributed by atoms with Crippen molar-refractivity contribution in [2.45, 2.75) is 40.0 Å². The van der Waals surface area contributed by atoms with E-state index >= 15 is 0 Å². The molecule has 0 amide bonds. The van der Waals surface area contributed by atoms with Gasteiger partial charge in [-0.3, -0.25) is 9.59 Å². The standard InChI is InChI=1S/C21H20N2O2S/c1-21(2,3)11-8-9-14-15(10-11)26-20-16(14)18(24)22-17-12-6-4-5-7-13(12)19(25)23(17)20/h4-7,11H,8-10H2,1-3H3. The van der Waals surface area contributed by atoms with Crippen LogP contribution in [0.4, 0.5) is 0 Å². The highest BCUT2D eigenvalue weighted by atomic mass is 32.1. The predicted molar refractivity (Wildman–Crippen MR) is 104 cm³/mol. The number of carbonyl (C=O) groups is 1. The van der Waals surface area contributed by atoms with E-state index in [0.717, 1.165) is 35.2 Å². The van der Waals surface area contributed by atoms with Crippen molar-refractivity contribution in [3.05, 3.63) is 50.6 Å². The van der Waals surface area contributed by atoms with Gasteiger partial charge in [0.05, 0.1) is 10.9 Å². The molecule has 1 unspecified atom stereocenters. The second-order valence-electron chi connectivity index (χ2n) is 8.42.